The average Bonchev–Trinajstić information content (AvgIpc) is 2.33. The van der Waals surface area contributed by atoms with E-state index in [1.165, 1.54) is 24.5 Å². The van der Waals surface area contributed by atoms with Gasteiger partial charge in [-0.3, -0.25) is 9.78 Å². The topological polar surface area (TPSA) is 42.9 Å². The molecule has 0 saturated heterocycles. The van der Waals surface area contributed by atoms with Crippen LogP contribution in [-0.4, -0.2) is 15.8 Å². The zero-order chi connectivity index (χ0) is 13.1. The summed E-state index contributed by atoms with van der Waals surface area (Å²) in [5.74, 6) is -0.764. The summed E-state index contributed by atoms with van der Waals surface area (Å²) in [6, 6.07) is 4.23. The highest BCUT2D eigenvalue weighted by Crippen LogP contribution is 2.16. The number of nitrogens with zero attached hydrogens (tertiary/aromatic N) is 2. The minimum absolute atomic E-state index is 0.0548. The van der Waals surface area contributed by atoms with Crippen LogP contribution >= 0.6 is 11.6 Å². The van der Waals surface area contributed by atoms with E-state index in [1.807, 2.05) is 0 Å². The number of halogens is 2. The molecule has 1 heterocycles. The maximum absolute atomic E-state index is 13.5. The van der Waals surface area contributed by atoms with Crippen LogP contribution in [0.4, 0.5) is 4.39 Å². The maximum Gasteiger partial charge on any atom is 0.187 e. The molecule has 0 saturated carbocycles. The predicted octanol–water partition coefficient (Wildman–Crippen LogP) is 3.00. The van der Waals surface area contributed by atoms with Gasteiger partial charge in [-0.25, -0.2) is 9.37 Å². The highest BCUT2D eigenvalue weighted by atomic mass is 35.5. The largest absolute Gasteiger partial charge is 0.292 e. The van der Waals surface area contributed by atoms with Gasteiger partial charge in [-0.2, -0.15) is 0 Å². The standard InChI is InChI=1S/C13H10ClFN2O/c1-8-6-17-12(7-16-8)13(18)4-9-2-3-10(14)5-11(9)15/h2-3,5-7H,4H2,1H3. The first kappa shape index (κ1) is 12.6. The number of hydrogen-bond acceptors (Lipinski definition) is 3. The second-order valence-corrected chi connectivity index (χ2v) is 4.32. The fourth-order valence-electron chi connectivity index (χ4n) is 1.47. The number of benzene rings is 1. The molecule has 0 aliphatic carbocycles. The summed E-state index contributed by atoms with van der Waals surface area (Å²) in [5.41, 5.74) is 1.26. The third-order valence-corrected chi connectivity index (χ3v) is 2.67. The Morgan fingerprint density at radius 3 is 2.72 bits per heavy atom. The lowest BCUT2D eigenvalue weighted by atomic mass is 10.1. The van der Waals surface area contributed by atoms with Gasteiger partial charge in [0, 0.05) is 17.6 Å². The van der Waals surface area contributed by atoms with Crippen LogP contribution in [0.3, 0.4) is 0 Å². The van der Waals surface area contributed by atoms with Crippen molar-refractivity contribution in [3.05, 3.63) is 58.4 Å². The molecule has 0 atom stereocenters. The Kier molecular flexibility index (Phi) is 3.67. The molecule has 1 aromatic carbocycles. The molecule has 2 aromatic rings. The second kappa shape index (κ2) is 5.23. The Morgan fingerprint density at radius 2 is 2.11 bits per heavy atom. The van der Waals surface area contributed by atoms with Crippen LogP contribution in [0.1, 0.15) is 21.7 Å². The fraction of sp³-hybridized carbons (Fsp3) is 0.154. The first-order valence-corrected chi connectivity index (χ1v) is 5.70. The summed E-state index contributed by atoms with van der Waals surface area (Å²) in [4.78, 5) is 19.8. The van der Waals surface area contributed by atoms with Crippen molar-refractivity contribution in [2.24, 2.45) is 0 Å². The van der Waals surface area contributed by atoms with Gasteiger partial charge in [0.25, 0.3) is 0 Å². The van der Waals surface area contributed by atoms with E-state index in [4.69, 9.17) is 11.6 Å². The Balaban J connectivity index is 2.18. The van der Waals surface area contributed by atoms with Gasteiger partial charge >= 0.3 is 0 Å². The number of Topliss-reactive ketones (excluding diaryl/α,β-unsaturated/α-hetero) is 1. The van der Waals surface area contributed by atoms with Crippen molar-refractivity contribution in [3.8, 4) is 0 Å². The Labute approximate surface area is 109 Å². The smallest absolute Gasteiger partial charge is 0.187 e. The SMILES string of the molecule is Cc1cnc(C(=O)Cc2ccc(Cl)cc2F)cn1. The molecular formula is C13H10ClFN2O. The summed E-state index contributed by atoms with van der Waals surface area (Å²) in [7, 11) is 0. The molecule has 0 N–H and O–H groups in total. The first-order chi connectivity index (χ1) is 8.56. The molecule has 0 aliphatic rings. The molecule has 5 heteroatoms. The minimum atomic E-state index is -0.490. The van der Waals surface area contributed by atoms with Gasteiger partial charge in [0.1, 0.15) is 11.5 Å². The Morgan fingerprint density at radius 1 is 1.33 bits per heavy atom. The molecule has 1 aromatic heterocycles. The molecule has 0 aliphatic heterocycles. The quantitative estimate of drug-likeness (QED) is 0.801. The lowest BCUT2D eigenvalue weighted by Gasteiger charge is -2.03. The molecule has 2 rings (SSSR count). The average molecular weight is 265 g/mol. The summed E-state index contributed by atoms with van der Waals surface area (Å²) in [5, 5.41) is 0.304. The molecular weight excluding hydrogens is 255 g/mol. The van der Waals surface area contributed by atoms with Crippen molar-refractivity contribution < 1.29 is 9.18 Å². The van der Waals surface area contributed by atoms with Crippen molar-refractivity contribution in [1.82, 2.24) is 9.97 Å². The molecule has 18 heavy (non-hydrogen) atoms. The summed E-state index contributed by atoms with van der Waals surface area (Å²) >= 11 is 5.64. The summed E-state index contributed by atoms with van der Waals surface area (Å²) < 4.78 is 13.5. The number of aryl methyl sites for hydroxylation is 1. The molecule has 92 valence electrons. The van der Waals surface area contributed by atoms with Gasteiger partial charge in [-0.05, 0) is 24.6 Å². The highest BCUT2D eigenvalue weighted by Gasteiger charge is 2.12. The zero-order valence-corrected chi connectivity index (χ0v) is 10.4. The highest BCUT2D eigenvalue weighted by molar-refractivity contribution is 6.30. The van der Waals surface area contributed by atoms with Crippen LogP contribution in [0.15, 0.2) is 30.6 Å². The van der Waals surface area contributed by atoms with Crippen molar-refractivity contribution in [1.29, 1.82) is 0 Å². The van der Waals surface area contributed by atoms with Gasteiger partial charge in [-0.15, -0.1) is 0 Å². The fourth-order valence-corrected chi connectivity index (χ4v) is 1.62. The number of rotatable bonds is 3. The summed E-state index contributed by atoms with van der Waals surface area (Å²) in [6.45, 7) is 1.78. The predicted molar refractivity (Wildman–Crippen MR) is 66.2 cm³/mol. The van der Waals surface area contributed by atoms with Crippen LogP contribution in [0.2, 0.25) is 5.02 Å². The van der Waals surface area contributed by atoms with E-state index >= 15 is 0 Å². The van der Waals surface area contributed by atoms with Gasteiger partial charge in [-0.1, -0.05) is 17.7 Å². The van der Waals surface area contributed by atoms with Crippen LogP contribution in [0.5, 0.6) is 0 Å². The maximum atomic E-state index is 13.5. The Bertz CT molecular complexity index is 584. The number of carbonyl (C=O) groups is 1. The normalized spacial score (nSPS) is 10.4. The van der Waals surface area contributed by atoms with Gasteiger partial charge in [0.2, 0.25) is 0 Å². The first-order valence-electron chi connectivity index (χ1n) is 5.32. The van der Waals surface area contributed by atoms with E-state index in [1.54, 1.807) is 13.0 Å². The van der Waals surface area contributed by atoms with E-state index in [9.17, 15) is 9.18 Å². The monoisotopic (exact) mass is 264 g/mol. The van der Waals surface area contributed by atoms with Crippen molar-refractivity contribution in [2.75, 3.05) is 0 Å². The van der Waals surface area contributed by atoms with E-state index in [0.717, 1.165) is 5.69 Å². The molecule has 0 radical (unpaired) electrons. The molecule has 0 unspecified atom stereocenters. The number of hydrogen-bond donors (Lipinski definition) is 0. The van der Waals surface area contributed by atoms with E-state index in [-0.39, 0.29) is 17.9 Å². The second-order valence-electron chi connectivity index (χ2n) is 3.88. The van der Waals surface area contributed by atoms with Crippen LogP contribution < -0.4 is 0 Å². The molecule has 0 spiro atoms. The van der Waals surface area contributed by atoms with E-state index < -0.39 is 5.82 Å². The molecule has 3 nitrogen and oxygen atoms in total. The van der Waals surface area contributed by atoms with Crippen molar-refractivity contribution in [2.45, 2.75) is 13.3 Å². The number of aromatic nitrogens is 2. The lowest BCUT2D eigenvalue weighted by Crippen LogP contribution is -2.08. The molecule has 0 fully saturated rings. The van der Waals surface area contributed by atoms with Gasteiger partial charge in [0.05, 0.1) is 11.9 Å². The van der Waals surface area contributed by atoms with Crippen LogP contribution in [0.25, 0.3) is 0 Å². The van der Waals surface area contributed by atoms with E-state index in [2.05, 4.69) is 9.97 Å². The van der Waals surface area contributed by atoms with Gasteiger partial charge in [0.15, 0.2) is 5.78 Å². The van der Waals surface area contributed by atoms with E-state index in [0.29, 0.717) is 10.6 Å². The van der Waals surface area contributed by atoms with Crippen LogP contribution in [-0.2, 0) is 6.42 Å². The molecule has 0 amide bonds. The summed E-state index contributed by atoms with van der Waals surface area (Å²) in [6.07, 6.45) is 2.84. The van der Waals surface area contributed by atoms with Crippen molar-refractivity contribution >= 4 is 17.4 Å². The molecule has 0 bridgehead atoms. The van der Waals surface area contributed by atoms with Gasteiger partial charge < -0.3 is 0 Å². The Hall–Kier alpha value is -1.81. The van der Waals surface area contributed by atoms with Crippen molar-refractivity contribution in [3.63, 3.8) is 0 Å². The lowest BCUT2D eigenvalue weighted by molar-refractivity contribution is 0.0986. The minimum Gasteiger partial charge on any atom is -0.292 e. The van der Waals surface area contributed by atoms with Crippen LogP contribution in [0, 0.1) is 12.7 Å². The zero-order valence-electron chi connectivity index (χ0n) is 9.65. The third kappa shape index (κ3) is 2.90. The third-order valence-electron chi connectivity index (χ3n) is 2.43. The number of ketones is 1. The number of carbonyl (C=O) groups excluding carboxylic acids is 1.